The van der Waals surface area contributed by atoms with E-state index in [9.17, 15) is 5.11 Å². The van der Waals surface area contributed by atoms with Crippen LogP contribution in [0.25, 0.3) is 6.08 Å². The molecule has 5 heteroatoms. The summed E-state index contributed by atoms with van der Waals surface area (Å²) < 4.78 is 21.7. The van der Waals surface area contributed by atoms with Crippen molar-refractivity contribution in [3.8, 4) is 0 Å². The van der Waals surface area contributed by atoms with Gasteiger partial charge in [-0.2, -0.15) is 0 Å². The lowest BCUT2D eigenvalue weighted by Gasteiger charge is -2.31. The van der Waals surface area contributed by atoms with Crippen molar-refractivity contribution in [2.45, 2.75) is 63.3 Å². The first-order valence-electron chi connectivity index (χ1n) is 14.2. The van der Waals surface area contributed by atoms with E-state index in [0.29, 0.717) is 0 Å². The van der Waals surface area contributed by atoms with Crippen molar-refractivity contribution in [3.63, 3.8) is 0 Å². The van der Waals surface area contributed by atoms with E-state index < -0.39 is 6.10 Å². The van der Waals surface area contributed by atoms with E-state index in [1.807, 2.05) is 50.3 Å². The second-order valence-corrected chi connectivity index (χ2v) is 9.79. The maximum absolute atomic E-state index is 9.84. The molecule has 3 aromatic rings. The molecule has 2 aliphatic carbocycles. The minimum Gasteiger partial charge on any atom is -0.385 e. The summed E-state index contributed by atoms with van der Waals surface area (Å²) in [5.74, 6) is 0. The van der Waals surface area contributed by atoms with E-state index in [4.69, 9.17) is 18.9 Å². The van der Waals surface area contributed by atoms with Crippen molar-refractivity contribution in [2.24, 2.45) is 0 Å². The molecule has 2 bridgehead atoms. The number of fused-ring (bicyclic) bond motifs is 7. The zero-order valence-electron chi connectivity index (χ0n) is 24.2. The van der Waals surface area contributed by atoms with Crippen LogP contribution in [0.5, 0.6) is 0 Å². The molecule has 0 radical (unpaired) electrons. The van der Waals surface area contributed by atoms with E-state index in [0.717, 1.165) is 24.0 Å². The SMILES string of the molecule is C1=CC2OC1c1ccccc12.CC.CO[C@@H]1C=Cc2ccccc2[C@H]1O.CO[C@@H]1c2ccccc2CC[C@H]1OC. The molecule has 0 spiro atoms. The number of benzene rings is 3. The van der Waals surface area contributed by atoms with Crippen LogP contribution in [0.15, 0.2) is 91.0 Å². The molecule has 0 fully saturated rings. The monoisotopic (exact) mass is 542 g/mol. The first kappa shape index (κ1) is 29.9. The molecular formula is C35H42O5. The van der Waals surface area contributed by atoms with Crippen molar-refractivity contribution in [1.82, 2.24) is 0 Å². The van der Waals surface area contributed by atoms with Gasteiger partial charge in [0.15, 0.2) is 0 Å². The van der Waals surface area contributed by atoms with Crippen LogP contribution in [0.2, 0.25) is 0 Å². The minimum absolute atomic E-state index is 0.102. The van der Waals surface area contributed by atoms with Gasteiger partial charge in [-0.05, 0) is 46.2 Å². The highest BCUT2D eigenvalue weighted by molar-refractivity contribution is 5.58. The number of aliphatic hydroxyl groups excluding tert-OH is 1. The molecule has 6 atom stereocenters. The lowest BCUT2D eigenvalue weighted by atomic mass is 9.87. The van der Waals surface area contributed by atoms with Crippen LogP contribution in [-0.2, 0) is 25.4 Å². The van der Waals surface area contributed by atoms with Crippen LogP contribution in [0.4, 0.5) is 0 Å². The van der Waals surface area contributed by atoms with E-state index in [1.54, 1.807) is 21.3 Å². The molecule has 212 valence electrons. The molecule has 40 heavy (non-hydrogen) atoms. The van der Waals surface area contributed by atoms with Gasteiger partial charge in [0.1, 0.15) is 30.5 Å². The van der Waals surface area contributed by atoms with Gasteiger partial charge in [-0.25, -0.2) is 0 Å². The Labute approximate surface area is 239 Å². The third kappa shape index (κ3) is 6.46. The summed E-state index contributed by atoms with van der Waals surface area (Å²) >= 11 is 0. The molecule has 4 aliphatic rings. The molecule has 2 unspecified atom stereocenters. The van der Waals surface area contributed by atoms with Gasteiger partial charge < -0.3 is 24.1 Å². The quantitative estimate of drug-likeness (QED) is 0.348. The minimum atomic E-state index is -0.536. The summed E-state index contributed by atoms with van der Waals surface area (Å²) in [5.41, 5.74) is 7.39. The third-order valence-corrected chi connectivity index (χ3v) is 7.68. The fraction of sp³-hybridized carbons (Fsp3) is 0.371. The zero-order valence-corrected chi connectivity index (χ0v) is 24.2. The zero-order chi connectivity index (χ0) is 28.5. The maximum atomic E-state index is 9.84. The average molecular weight is 543 g/mol. The molecule has 2 aliphatic heterocycles. The molecule has 7 rings (SSSR count). The third-order valence-electron chi connectivity index (χ3n) is 7.68. The first-order valence-corrected chi connectivity index (χ1v) is 14.2. The predicted octanol–water partition coefficient (Wildman–Crippen LogP) is 7.49. The fourth-order valence-corrected chi connectivity index (χ4v) is 5.66. The number of ether oxygens (including phenoxy) is 4. The largest absolute Gasteiger partial charge is 0.385 e. The fourth-order valence-electron chi connectivity index (χ4n) is 5.66. The lowest BCUT2D eigenvalue weighted by molar-refractivity contribution is -0.0469. The number of hydrogen-bond acceptors (Lipinski definition) is 5. The summed E-state index contributed by atoms with van der Waals surface area (Å²) in [4.78, 5) is 0. The number of methoxy groups -OCH3 is 3. The Hall–Kier alpha value is -3.06. The molecule has 3 aromatic carbocycles. The predicted molar refractivity (Wildman–Crippen MR) is 160 cm³/mol. The standard InChI is InChI=1S/C12H16O2.C11H12O2.C10H8O.C2H6/c1-13-11-8-7-9-5-3-4-6-10(9)12(11)14-2;1-13-10-7-6-8-4-2-3-5-9(8)11(10)12;1-2-4-8-7(3-1)9-5-6-10(8)11-9;1-2/h3-6,11-12H,7-8H2,1-2H3;2-7,10-12H,1H3;1-6,9-10H;1-2H3/t11-,12-;10-,11-;;/m11../s1. The highest BCUT2D eigenvalue weighted by Gasteiger charge is 2.32. The van der Waals surface area contributed by atoms with Crippen LogP contribution in [0.1, 0.15) is 78.1 Å². The van der Waals surface area contributed by atoms with E-state index in [1.165, 1.54) is 22.3 Å². The first-order chi connectivity index (χ1) is 19.6. The Bertz CT molecular complexity index is 1250. The van der Waals surface area contributed by atoms with Crippen molar-refractivity contribution < 1.29 is 24.1 Å². The summed E-state index contributed by atoms with van der Waals surface area (Å²) in [6, 6.07) is 24.7. The molecule has 0 saturated heterocycles. The molecule has 1 N–H and O–H groups in total. The van der Waals surface area contributed by atoms with Crippen LogP contribution in [0.3, 0.4) is 0 Å². The van der Waals surface area contributed by atoms with Gasteiger partial charge in [0, 0.05) is 21.3 Å². The van der Waals surface area contributed by atoms with Gasteiger partial charge in [-0.15, -0.1) is 0 Å². The molecular weight excluding hydrogens is 500 g/mol. The van der Waals surface area contributed by atoms with Gasteiger partial charge in [-0.1, -0.05) is 111 Å². The highest BCUT2D eigenvalue weighted by atomic mass is 16.5. The van der Waals surface area contributed by atoms with Gasteiger partial charge in [-0.3, -0.25) is 0 Å². The Balaban J connectivity index is 0.000000135. The number of rotatable bonds is 3. The summed E-state index contributed by atoms with van der Waals surface area (Å²) in [6.45, 7) is 4.00. The molecule has 0 aromatic heterocycles. The van der Waals surface area contributed by atoms with E-state index >= 15 is 0 Å². The summed E-state index contributed by atoms with van der Waals surface area (Å²) in [5, 5.41) is 9.84. The Kier molecular flexibility index (Phi) is 10.9. The topological polar surface area (TPSA) is 57.2 Å². The Morgan fingerprint density at radius 2 is 1.25 bits per heavy atom. The molecule has 5 nitrogen and oxygen atoms in total. The van der Waals surface area contributed by atoms with Gasteiger partial charge in [0.25, 0.3) is 0 Å². The van der Waals surface area contributed by atoms with Crippen molar-refractivity contribution in [3.05, 3.63) is 124 Å². The number of aliphatic hydroxyl groups is 1. The second kappa shape index (κ2) is 14.5. The molecule has 0 amide bonds. The number of hydrogen-bond donors (Lipinski definition) is 1. The van der Waals surface area contributed by atoms with Crippen molar-refractivity contribution in [2.75, 3.05) is 21.3 Å². The van der Waals surface area contributed by atoms with Crippen LogP contribution < -0.4 is 0 Å². The lowest BCUT2D eigenvalue weighted by Crippen LogP contribution is -2.28. The van der Waals surface area contributed by atoms with Gasteiger partial charge in [0.05, 0.1) is 6.10 Å². The Morgan fingerprint density at radius 1 is 0.675 bits per heavy atom. The summed E-state index contributed by atoms with van der Waals surface area (Å²) in [7, 11) is 5.11. The highest BCUT2D eigenvalue weighted by Crippen LogP contribution is 2.45. The molecule has 2 heterocycles. The molecule has 0 saturated carbocycles. The van der Waals surface area contributed by atoms with E-state index in [-0.39, 0.29) is 30.5 Å². The average Bonchev–Trinajstić information content (AvgIpc) is 3.66. The normalized spacial score (nSPS) is 26.1. The smallest absolute Gasteiger partial charge is 0.109 e. The van der Waals surface area contributed by atoms with Gasteiger partial charge >= 0.3 is 0 Å². The van der Waals surface area contributed by atoms with Crippen LogP contribution in [0, 0.1) is 0 Å². The van der Waals surface area contributed by atoms with E-state index in [2.05, 4.69) is 60.7 Å². The number of aryl methyl sites for hydroxylation is 1. The second-order valence-electron chi connectivity index (χ2n) is 9.79. The maximum Gasteiger partial charge on any atom is 0.109 e. The van der Waals surface area contributed by atoms with Crippen LogP contribution in [-0.4, -0.2) is 38.6 Å². The van der Waals surface area contributed by atoms with Crippen molar-refractivity contribution >= 4 is 6.08 Å². The van der Waals surface area contributed by atoms with Crippen LogP contribution >= 0.6 is 0 Å². The summed E-state index contributed by atoms with van der Waals surface area (Å²) in [6.07, 6.45) is 10.3. The van der Waals surface area contributed by atoms with Crippen molar-refractivity contribution in [1.29, 1.82) is 0 Å². The Morgan fingerprint density at radius 3 is 1.85 bits per heavy atom. The van der Waals surface area contributed by atoms with Gasteiger partial charge in [0.2, 0.25) is 0 Å².